The minimum absolute atomic E-state index is 0.684. The van der Waals surface area contributed by atoms with E-state index in [-0.39, 0.29) is 0 Å². The van der Waals surface area contributed by atoms with Gasteiger partial charge in [0.1, 0.15) is 0 Å². The van der Waals surface area contributed by atoms with Gasteiger partial charge in [0.15, 0.2) is 0 Å². The normalized spacial score (nSPS) is 17.6. The van der Waals surface area contributed by atoms with E-state index in [2.05, 4.69) is 33.8 Å². The minimum Gasteiger partial charge on any atom is -0.327 e. The van der Waals surface area contributed by atoms with Crippen molar-refractivity contribution in [1.29, 1.82) is 0 Å². The fourth-order valence-electron chi connectivity index (χ4n) is 1.42. The van der Waals surface area contributed by atoms with Gasteiger partial charge < -0.3 is 5.73 Å². The molecule has 2 unspecified atom stereocenters. The van der Waals surface area contributed by atoms with Crippen LogP contribution in [0.25, 0.3) is 0 Å². The first-order valence-corrected chi connectivity index (χ1v) is 4.97. The lowest BCUT2D eigenvalue weighted by Gasteiger charge is -2.12. The lowest BCUT2D eigenvalue weighted by Crippen LogP contribution is -2.04. The van der Waals surface area contributed by atoms with E-state index < -0.39 is 0 Å². The first-order chi connectivity index (χ1) is 5.60. The lowest BCUT2D eigenvalue weighted by atomic mass is 9.94. The second-order valence-corrected chi connectivity index (χ2v) is 3.94. The highest BCUT2D eigenvalue weighted by molar-refractivity contribution is 5.01. The highest BCUT2D eigenvalue weighted by Gasteiger charge is 2.04. The molecule has 1 heteroatoms. The van der Waals surface area contributed by atoms with Crippen molar-refractivity contribution >= 4 is 0 Å². The zero-order valence-electron chi connectivity index (χ0n) is 8.93. The summed E-state index contributed by atoms with van der Waals surface area (Å²) in [7, 11) is 0. The third-order valence-corrected chi connectivity index (χ3v) is 2.36. The molecule has 0 amide bonds. The monoisotopic (exact) mass is 169 g/mol. The van der Waals surface area contributed by atoms with E-state index in [1.54, 1.807) is 0 Å². The maximum Gasteiger partial charge on any atom is 0.0134 e. The summed E-state index contributed by atoms with van der Waals surface area (Å²) in [5.74, 6) is 1.52. The zero-order chi connectivity index (χ0) is 9.56. The molecule has 0 heterocycles. The number of nitrogens with two attached hydrogens (primary N) is 1. The number of allylic oxidation sites excluding steroid dienone is 1. The molecule has 0 aromatic rings. The van der Waals surface area contributed by atoms with Crippen LogP contribution >= 0.6 is 0 Å². The van der Waals surface area contributed by atoms with Crippen molar-refractivity contribution in [2.24, 2.45) is 17.6 Å². The number of rotatable bonds is 5. The molecule has 0 aromatic carbocycles. The largest absolute Gasteiger partial charge is 0.327 e. The topological polar surface area (TPSA) is 26.0 Å². The van der Waals surface area contributed by atoms with Crippen LogP contribution < -0.4 is 5.73 Å². The van der Waals surface area contributed by atoms with Crippen molar-refractivity contribution in [3.63, 3.8) is 0 Å². The predicted octanol–water partition coefficient (Wildman–Crippen LogP) is 2.96. The Bertz CT molecular complexity index is 138. The van der Waals surface area contributed by atoms with Gasteiger partial charge >= 0.3 is 0 Å². The molecule has 0 radical (unpaired) electrons. The van der Waals surface area contributed by atoms with E-state index in [4.69, 9.17) is 5.73 Å². The summed E-state index contributed by atoms with van der Waals surface area (Å²) in [5.41, 5.74) is 6.83. The molecule has 1 nitrogen and oxygen atoms in total. The van der Waals surface area contributed by atoms with Crippen molar-refractivity contribution < 1.29 is 0 Å². The second-order valence-electron chi connectivity index (χ2n) is 3.94. The molecule has 0 saturated heterocycles. The Labute approximate surface area is 77.0 Å². The summed E-state index contributed by atoms with van der Waals surface area (Å²) in [6.07, 6.45) is 4.86. The second kappa shape index (κ2) is 6.24. The fourth-order valence-corrected chi connectivity index (χ4v) is 1.42. The van der Waals surface area contributed by atoms with Gasteiger partial charge in [0.2, 0.25) is 0 Å². The third kappa shape index (κ3) is 5.36. The molecule has 12 heavy (non-hydrogen) atoms. The molecule has 2 N–H and O–H groups in total. The van der Waals surface area contributed by atoms with Crippen LogP contribution in [0.2, 0.25) is 0 Å². The van der Waals surface area contributed by atoms with Crippen LogP contribution in [-0.2, 0) is 0 Å². The van der Waals surface area contributed by atoms with Crippen molar-refractivity contribution in [3.8, 4) is 0 Å². The molecule has 0 aliphatic carbocycles. The molecule has 0 aliphatic heterocycles. The van der Waals surface area contributed by atoms with Crippen LogP contribution in [0, 0.1) is 11.8 Å². The molecular weight excluding hydrogens is 146 g/mol. The van der Waals surface area contributed by atoms with Gasteiger partial charge in [0.05, 0.1) is 0 Å². The molecule has 72 valence electrons. The van der Waals surface area contributed by atoms with E-state index in [0.29, 0.717) is 12.5 Å². The van der Waals surface area contributed by atoms with Crippen molar-refractivity contribution in [2.75, 3.05) is 6.54 Å². The first kappa shape index (κ1) is 11.7. The highest BCUT2D eigenvalue weighted by atomic mass is 14.5. The van der Waals surface area contributed by atoms with Gasteiger partial charge in [-0.1, -0.05) is 38.8 Å². The van der Waals surface area contributed by atoms with Crippen LogP contribution in [0.1, 0.15) is 40.5 Å². The van der Waals surface area contributed by atoms with Gasteiger partial charge in [-0.25, -0.2) is 0 Å². The van der Waals surface area contributed by atoms with Crippen LogP contribution in [0.15, 0.2) is 11.6 Å². The molecule has 0 fully saturated rings. The Morgan fingerprint density at radius 2 is 2.00 bits per heavy atom. The van der Waals surface area contributed by atoms with Gasteiger partial charge in [-0.15, -0.1) is 0 Å². The Hall–Kier alpha value is -0.300. The quantitative estimate of drug-likeness (QED) is 0.629. The molecule has 0 saturated carbocycles. The summed E-state index contributed by atoms with van der Waals surface area (Å²) >= 11 is 0. The van der Waals surface area contributed by atoms with Crippen molar-refractivity contribution in [3.05, 3.63) is 11.6 Å². The van der Waals surface area contributed by atoms with E-state index in [1.807, 2.05) is 0 Å². The highest BCUT2D eigenvalue weighted by Crippen LogP contribution is 2.16. The smallest absolute Gasteiger partial charge is 0.0134 e. The summed E-state index contributed by atoms with van der Waals surface area (Å²) < 4.78 is 0. The van der Waals surface area contributed by atoms with E-state index in [0.717, 1.165) is 5.92 Å². The summed E-state index contributed by atoms with van der Waals surface area (Å²) in [6.45, 7) is 9.63. The van der Waals surface area contributed by atoms with Gasteiger partial charge in [-0.05, 0) is 25.2 Å². The van der Waals surface area contributed by atoms with E-state index in [1.165, 1.54) is 18.4 Å². The molecule has 0 aromatic heterocycles. The molecule has 0 aliphatic rings. The Kier molecular flexibility index (Phi) is 6.09. The van der Waals surface area contributed by atoms with Crippen LogP contribution in [0.3, 0.4) is 0 Å². The van der Waals surface area contributed by atoms with Gasteiger partial charge in [-0.2, -0.15) is 0 Å². The fraction of sp³-hybridized carbons (Fsp3) is 0.818. The molecular formula is C11H23N. The molecule has 2 atom stereocenters. The molecule has 0 spiro atoms. The van der Waals surface area contributed by atoms with Crippen LogP contribution in [0.4, 0.5) is 0 Å². The minimum atomic E-state index is 0.684. The zero-order valence-corrected chi connectivity index (χ0v) is 8.93. The molecule has 0 rings (SSSR count). The third-order valence-electron chi connectivity index (χ3n) is 2.36. The Balaban J connectivity index is 3.80. The average molecular weight is 169 g/mol. The average Bonchev–Trinajstić information content (AvgIpc) is 2.03. The predicted molar refractivity (Wildman–Crippen MR) is 56.0 cm³/mol. The van der Waals surface area contributed by atoms with Gasteiger partial charge in [-0.3, -0.25) is 0 Å². The van der Waals surface area contributed by atoms with Gasteiger partial charge in [0.25, 0.3) is 0 Å². The van der Waals surface area contributed by atoms with Crippen LogP contribution in [0.5, 0.6) is 0 Å². The number of hydrogen-bond acceptors (Lipinski definition) is 1. The first-order valence-electron chi connectivity index (χ1n) is 4.97. The summed E-state index contributed by atoms with van der Waals surface area (Å²) in [4.78, 5) is 0. The lowest BCUT2D eigenvalue weighted by molar-refractivity contribution is 0.453. The van der Waals surface area contributed by atoms with E-state index in [9.17, 15) is 0 Å². The Morgan fingerprint density at radius 3 is 2.42 bits per heavy atom. The maximum absolute atomic E-state index is 5.52. The van der Waals surface area contributed by atoms with Crippen molar-refractivity contribution in [2.45, 2.75) is 40.5 Å². The van der Waals surface area contributed by atoms with Crippen molar-refractivity contribution in [1.82, 2.24) is 0 Å². The van der Waals surface area contributed by atoms with E-state index >= 15 is 0 Å². The SMILES string of the molecule is CCC(C)CC(C)C=C(C)CN. The van der Waals surface area contributed by atoms with Gasteiger partial charge in [0, 0.05) is 6.54 Å². The standard InChI is InChI=1S/C11H23N/c1-5-9(2)6-10(3)7-11(4)8-12/h7,9-10H,5-6,8,12H2,1-4H3. The molecule has 0 bridgehead atoms. The van der Waals surface area contributed by atoms with Crippen LogP contribution in [-0.4, -0.2) is 6.54 Å². The number of hydrogen-bond donors (Lipinski definition) is 1. The summed E-state index contributed by atoms with van der Waals surface area (Å²) in [5, 5.41) is 0. The maximum atomic E-state index is 5.52. The summed E-state index contributed by atoms with van der Waals surface area (Å²) in [6, 6.07) is 0. The Morgan fingerprint density at radius 1 is 1.42 bits per heavy atom.